The van der Waals surface area contributed by atoms with E-state index < -0.39 is 45.5 Å². The number of Topliss-reactive ketones (excluding diaryl/α,β-unsaturated/α-hetero) is 4. The Hall–Kier alpha value is -8.83. The highest BCUT2D eigenvalue weighted by molar-refractivity contribution is 7.17. The highest BCUT2D eigenvalue weighted by atomic mass is 35.5. The fourth-order valence-electron chi connectivity index (χ4n) is 12.1. The minimum atomic E-state index is -1.00. The summed E-state index contributed by atoms with van der Waals surface area (Å²) in [5, 5.41) is 15.4. The molecule has 12 rings (SSSR count). The molecule has 0 aromatic carbocycles. The molecule has 0 saturated heterocycles. The number of esters is 3. The predicted molar refractivity (Wildman–Crippen MR) is 407 cm³/mol. The zero-order valence-corrected chi connectivity index (χ0v) is 66.7. The van der Waals surface area contributed by atoms with Crippen molar-refractivity contribution in [3.8, 4) is 0 Å². The normalized spacial score (nSPS) is 17.4. The van der Waals surface area contributed by atoms with E-state index in [1.807, 2.05) is 79.0 Å². The first-order valence-electron chi connectivity index (χ1n) is 33.6. The third-order valence-corrected chi connectivity index (χ3v) is 24.6. The number of fused-ring (bicyclic) bond motifs is 4. The van der Waals surface area contributed by atoms with Crippen molar-refractivity contribution in [2.24, 2.45) is 0 Å². The number of hydrogen-bond donors (Lipinski definition) is 3. The lowest BCUT2D eigenvalue weighted by Gasteiger charge is -2.36. The fourth-order valence-corrected chi connectivity index (χ4v) is 17.3. The molecular formula is C75H91ClN12O12S4. The average Bonchev–Trinajstić information content (AvgIpc) is 1.42. The van der Waals surface area contributed by atoms with Crippen molar-refractivity contribution < 1.29 is 57.7 Å². The number of hydrogen-bond acceptors (Lipinski definition) is 27. The lowest BCUT2D eigenvalue weighted by atomic mass is 9.68. The van der Waals surface area contributed by atoms with Crippen molar-refractivity contribution in [2.45, 2.75) is 194 Å². The maximum atomic E-state index is 12.6. The van der Waals surface area contributed by atoms with Crippen molar-refractivity contribution >= 4 is 142 Å². The zero-order chi connectivity index (χ0) is 77.4. The van der Waals surface area contributed by atoms with Crippen LogP contribution in [0.25, 0.3) is 0 Å². The lowest BCUT2D eigenvalue weighted by molar-refractivity contribution is -0.126. The number of ketones is 4. The second-order valence-electron chi connectivity index (χ2n) is 30.2. The van der Waals surface area contributed by atoms with Gasteiger partial charge in [-0.25, -0.2) is 59.0 Å². The highest BCUT2D eigenvalue weighted by Gasteiger charge is 2.50. The van der Waals surface area contributed by atoms with Gasteiger partial charge in [-0.05, 0) is 118 Å². The molecule has 0 saturated carbocycles. The Kier molecular flexibility index (Phi) is 23.9. The maximum Gasteiger partial charge on any atom is 0.339 e. The predicted octanol–water partition coefficient (Wildman–Crippen LogP) is 15.3. The molecule has 554 valence electrons. The van der Waals surface area contributed by atoms with E-state index in [0.29, 0.717) is 88.3 Å². The van der Waals surface area contributed by atoms with Crippen LogP contribution in [0.2, 0.25) is 5.15 Å². The first-order valence-corrected chi connectivity index (χ1v) is 37.2. The van der Waals surface area contributed by atoms with Gasteiger partial charge in [0.1, 0.15) is 45.7 Å². The van der Waals surface area contributed by atoms with Gasteiger partial charge in [-0.1, -0.05) is 67.0 Å². The van der Waals surface area contributed by atoms with E-state index in [2.05, 4.69) is 100 Å². The summed E-state index contributed by atoms with van der Waals surface area (Å²) in [7, 11) is 4.00. The number of pyridine rings is 4. The van der Waals surface area contributed by atoms with Gasteiger partial charge in [-0.2, -0.15) is 0 Å². The van der Waals surface area contributed by atoms with Crippen molar-refractivity contribution in [2.75, 3.05) is 55.3 Å². The van der Waals surface area contributed by atoms with Gasteiger partial charge in [0.2, 0.25) is 0 Å². The number of nitrogen functional groups attached to an aromatic ring is 1. The van der Waals surface area contributed by atoms with Gasteiger partial charge in [0.25, 0.3) is 0 Å². The molecule has 0 fully saturated rings. The Bertz CT molecular complexity index is 4570. The summed E-state index contributed by atoms with van der Waals surface area (Å²) >= 11 is 11.8. The van der Waals surface area contributed by atoms with Crippen LogP contribution in [0.3, 0.4) is 0 Å². The second kappa shape index (κ2) is 30.7. The van der Waals surface area contributed by atoms with E-state index in [4.69, 9.17) is 37.1 Å². The number of ether oxygens (including phenoxy) is 3. The molecule has 104 heavy (non-hydrogen) atoms. The topological polar surface area (TPSA) is 332 Å². The van der Waals surface area contributed by atoms with E-state index in [1.54, 1.807) is 70.4 Å². The molecule has 4 N–H and O–H groups in total. The molecule has 24 nitrogen and oxygen atoms in total. The van der Waals surface area contributed by atoms with Crippen LogP contribution < -0.4 is 20.9 Å². The number of carbonyl (C=O) groups excluding carboxylic acids is 7. The van der Waals surface area contributed by atoms with Crippen LogP contribution in [0.1, 0.15) is 234 Å². The van der Waals surface area contributed by atoms with E-state index in [-0.39, 0.29) is 50.4 Å². The number of aromatic carboxylic acids is 1. The Morgan fingerprint density at radius 1 is 0.462 bits per heavy atom. The van der Waals surface area contributed by atoms with Crippen LogP contribution >= 0.6 is 56.9 Å². The summed E-state index contributed by atoms with van der Waals surface area (Å²) in [5.74, 6) is 0.582. The second-order valence-corrected chi connectivity index (χ2v) is 34.6. The minimum Gasteiger partial charge on any atom is -0.478 e. The Labute approximate surface area is 627 Å². The molecule has 0 aliphatic heterocycles. The minimum absolute atomic E-state index is 0.114. The van der Waals surface area contributed by atoms with Crippen molar-refractivity contribution in [1.82, 2.24) is 39.9 Å². The summed E-state index contributed by atoms with van der Waals surface area (Å²) in [4.78, 5) is 139. The summed E-state index contributed by atoms with van der Waals surface area (Å²) in [5.41, 5.74) is 7.49. The number of nitrogens with two attached hydrogens (primary N) is 1. The summed E-state index contributed by atoms with van der Waals surface area (Å²) in [6.45, 7) is 37.5. The van der Waals surface area contributed by atoms with Crippen LogP contribution in [-0.4, -0.2) is 126 Å². The molecule has 8 aromatic heterocycles. The number of methoxy groups -OCH3 is 3. The van der Waals surface area contributed by atoms with Crippen LogP contribution in [-0.2, 0) is 76.7 Å². The molecule has 0 atom stereocenters. The summed E-state index contributed by atoms with van der Waals surface area (Å²) < 4.78 is 13.8. The van der Waals surface area contributed by atoms with Gasteiger partial charge in [0.05, 0.1) is 88.0 Å². The number of nitrogens with one attached hydrogen (secondary N) is 1. The number of anilines is 7. The molecule has 4 aliphatic carbocycles. The molecule has 0 radical (unpaired) electrons. The van der Waals surface area contributed by atoms with Gasteiger partial charge in [-0.15, -0.1) is 45.3 Å². The van der Waals surface area contributed by atoms with Crippen LogP contribution in [0.5, 0.6) is 0 Å². The number of thiazole rings is 4. The van der Waals surface area contributed by atoms with Crippen molar-refractivity contribution in [3.05, 3.63) is 143 Å². The number of halogens is 1. The van der Waals surface area contributed by atoms with Crippen LogP contribution in [0.15, 0.2) is 73.3 Å². The maximum absolute atomic E-state index is 12.6. The summed E-state index contributed by atoms with van der Waals surface area (Å²) in [6.07, 6.45) is 7.81. The first kappa shape index (κ1) is 80.8. The number of nitrogens with zero attached hydrogens (tertiary/aromatic N) is 10. The fraction of sp³-hybridized carbons (Fsp3) is 0.467. The molecule has 8 heterocycles. The number of aromatic nitrogens is 8. The number of carboxylic acids is 1. The van der Waals surface area contributed by atoms with Crippen LogP contribution in [0.4, 0.5) is 38.0 Å². The SMILES string of the molecule is CC1(C)CC(=O)C(C)(C)c2nc(N)sc21.CCN(c1ccc(C(=O)O)cn1)c1nc2c(s1)C(C)(C)CC(=O)C2(C)C.CCN(c1ccc(C(=O)OC)cn1)c1nc2c(s1)C(C)(C)CC(=O)C2(C)C.COC(=O)c1ccc(Cl)nc1.COC(=O)c1ccc(Nc2nc3c(s2)C(C)(C)CC(=O)C3(C)C)nc1. The monoisotopic (exact) mass is 1510 g/mol. The number of carboxylic acid groups (broad SMARTS) is 1. The zero-order valence-electron chi connectivity index (χ0n) is 62.7. The number of carbonyl (C=O) groups is 8. The molecule has 0 spiro atoms. The molecule has 0 amide bonds. The third kappa shape index (κ3) is 16.8. The van der Waals surface area contributed by atoms with E-state index in [0.717, 1.165) is 47.7 Å². The van der Waals surface area contributed by atoms with E-state index in [1.165, 1.54) is 74.5 Å². The van der Waals surface area contributed by atoms with Gasteiger partial charge < -0.3 is 40.2 Å². The van der Waals surface area contributed by atoms with Crippen molar-refractivity contribution in [1.29, 1.82) is 0 Å². The van der Waals surface area contributed by atoms with E-state index >= 15 is 0 Å². The molecule has 8 aromatic rings. The molecule has 0 bridgehead atoms. The Morgan fingerprint density at radius 3 is 1.12 bits per heavy atom. The average molecular weight is 1520 g/mol. The summed E-state index contributed by atoms with van der Waals surface area (Å²) in [6, 6.07) is 13.2. The Balaban J connectivity index is 0.000000170. The molecule has 0 unspecified atom stereocenters. The standard InChI is InChI=1S/C20H25N3O3S.C19H23N3O3S.C18H21N3O3S.C11H16N2OS.C7H6ClNO2/c1-7-23(14-9-8-12(11-21-14)17(25)26-6)18-22-15-16(27-18)19(2,3)10-13(24)20(15,4)5;1-6-22(13-8-7-11(10-20-13)16(24)25)17-21-14-15(26-17)18(2,3)9-12(23)19(14,4)5;1-17(2)8-11(22)18(3,4)13-14(17)25-16(21-13)20-12-7-6-10(9-19-12)15(23)24-5;1-10(2)5-6(14)11(3,4)7-8(10)15-9(12)13-7;1-11-7(10)5-2-3-6(8)9-4-5/h8-9,11H,7,10H2,1-6H3;7-8,10H,6,9H2,1-5H3,(H,24,25);6-7,9H,8H2,1-5H3,(H,19,20,21);5H2,1-4H3,(H2,12,13);2-4H,1H3. The molecule has 4 aliphatic rings. The van der Waals surface area contributed by atoms with Gasteiger partial charge in [0, 0.05) is 105 Å². The quantitative estimate of drug-likeness (QED) is 0.0581. The first-order chi connectivity index (χ1) is 48.3. The highest BCUT2D eigenvalue weighted by Crippen LogP contribution is 2.52. The Morgan fingerprint density at radius 2 is 0.788 bits per heavy atom. The lowest BCUT2D eigenvalue weighted by Crippen LogP contribution is -2.41. The smallest absolute Gasteiger partial charge is 0.339 e. The largest absolute Gasteiger partial charge is 0.478 e. The molecular weight excluding hydrogens is 1420 g/mol. The van der Waals surface area contributed by atoms with E-state index in [9.17, 15) is 38.4 Å². The van der Waals surface area contributed by atoms with Crippen LogP contribution in [0, 0.1) is 0 Å². The van der Waals surface area contributed by atoms with Gasteiger partial charge >= 0.3 is 23.9 Å². The van der Waals surface area contributed by atoms with Crippen molar-refractivity contribution in [3.63, 3.8) is 0 Å². The molecule has 29 heteroatoms. The number of rotatable bonds is 12. The van der Waals surface area contributed by atoms with Gasteiger partial charge in [-0.3, -0.25) is 19.2 Å². The third-order valence-electron chi connectivity index (χ3n) is 18.9. The van der Waals surface area contributed by atoms with Gasteiger partial charge in [0.15, 0.2) is 20.5 Å².